The molecule has 0 fully saturated rings. The molecule has 8 heteroatoms. The summed E-state index contributed by atoms with van der Waals surface area (Å²) in [5, 5.41) is 12.8. The van der Waals surface area contributed by atoms with Crippen LogP contribution < -0.4 is 5.32 Å². The van der Waals surface area contributed by atoms with E-state index in [1.165, 1.54) is 11.8 Å². The predicted molar refractivity (Wildman–Crippen MR) is 119 cm³/mol. The van der Waals surface area contributed by atoms with Gasteiger partial charge in [-0.05, 0) is 43.3 Å². The van der Waals surface area contributed by atoms with Crippen molar-refractivity contribution in [3.63, 3.8) is 0 Å². The van der Waals surface area contributed by atoms with E-state index in [0.29, 0.717) is 22.5 Å². The fraction of sp³-hybridized carbons (Fsp3) is 0.136. The van der Waals surface area contributed by atoms with Crippen molar-refractivity contribution in [3.8, 4) is 11.4 Å². The molecule has 0 radical (unpaired) electrons. The topological polar surface area (TPSA) is 73.0 Å². The van der Waals surface area contributed by atoms with Gasteiger partial charge >= 0.3 is 0 Å². The summed E-state index contributed by atoms with van der Waals surface area (Å²) in [5.41, 5.74) is 2.75. The Morgan fingerprint density at radius 1 is 1.13 bits per heavy atom. The van der Waals surface area contributed by atoms with Crippen molar-refractivity contribution in [2.75, 3.05) is 11.1 Å². The molecule has 1 N–H and O–H groups in total. The van der Waals surface area contributed by atoms with Crippen LogP contribution in [0.25, 0.3) is 11.4 Å². The molecule has 2 aromatic carbocycles. The number of carbonyl (C=O) groups excluding carboxylic acids is 1. The molecule has 152 valence electrons. The molecule has 0 aliphatic heterocycles. The van der Waals surface area contributed by atoms with Crippen LogP contribution in [0.1, 0.15) is 11.3 Å². The number of aryl methyl sites for hydroxylation is 1. The minimum atomic E-state index is -0.110. The van der Waals surface area contributed by atoms with Gasteiger partial charge in [0.2, 0.25) is 5.91 Å². The molecule has 0 aliphatic rings. The lowest BCUT2D eigenvalue weighted by Crippen LogP contribution is -2.14. The molecule has 0 spiro atoms. The summed E-state index contributed by atoms with van der Waals surface area (Å²) in [5.74, 6) is 1.53. The molecule has 0 unspecified atom stereocenters. The van der Waals surface area contributed by atoms with Gasteiger partial charge in [-0.15, -0.1) is 10.2 Å². The molecule has 0 saturated heterocycles. The number of amides is 1. The van der Waals surface area contributed by atoms with E-state index in [4.69, 9.17) is 16.0 Å². The fourth-order valence-electron chi connectivity index (χ4n) is 2.90. The van der Waals surface area contributed by atoms with E-state index >= 15 is 0 Å². The average Bonchev–Trinajstić information content (AvgIpc) is 3.39. The highest BCUT2D eigenvalue weighted by Gasteiger charge is 2.17. The lowest BCUT2D eigenvalue weighted by molar-refractivity contribution is -0.113. The maximum Gasteiger partial charge on any atom is 0.234 e. The lowest BCUT2D eigenvalue weighted by Gasteiger charge is -2.09. The van der Waals surface area contributed by atoms with Crippen LogP contribution in [0.3, 0.4) is 0 Å². The molecular formula is C22H19ClN4O2S. The van der Waals surface area contributed by atoms with Crippen molar-refractivity contribution in [2.24, 2.45) is 0 Å². The van der Waals surface area contributed by atoms with E-state index in [1.54, 1.807) is 6.26 Å². The zero-order valence-corrected chi connectivity index (χ0v) is 17.8. The molecule has 0 saturated carbocycles. The molecule has 30 heavy (non-hydrogen) atoms. The molecule has 4 aromatic rings. The van der Waals surface area contributed by atoms with E-state index in [-0.39, 0.29) is 11.7 Å². The van der Waals surface area contributed by atoms with Gasteiger partial charge in [-0.1, -0.05) is 53.2 Å². The lowest BCUT2D eigenvalue weighted by atomic mass is 10.2. The first-order valence-electron chi connectivity index (χ1n) is 9.29. The van der Waals surface area contributed by atoms with Crippen LogP contribution in [0, 0.1) is 6.92 Å². The Morgan fingerprint density at radius 2 is 1.97 bits per heavy atom. The van der Waals surface area contributed by atoms with Crippen LogP contribution in [-0.2, 0) is 11.3 Å². The van der Waals surface area contributed by atoms with E-state index in [1.807, 2.05) is 72.2 Å². The number of halogens is 1. The minimum absolute atomic E-state index is 0.110. The van der Waals surface area contributed by atoms with Crippen LogP contribution in [-0.4, -0.2) is 26.4 Å². The Morgan fingerprint density at radius 3 is 2.70 bits per heavy atom. The Hall–Kier alpha value is -3.03. The van der Waals surface area contributed by atoms with Crippen molar-refractivity contribution in [1.29, 1.82) is 0 Å². The smallest absolute Gasteiger partial charge is 0.234 e. The number of hydrogen-bond donors (Lipinski definition) is 1. The van der Waals surface area contributed by atoms with Crippen LogP contribution in [0.4, 0.5) is 5.69 Å². The van der Waals surface area contributed by atoms with E-state index in [9.17, 15) is 4.79 Å². The summed E-state index contributed by atoms with van der Waals surface area (Å²) in [7, 11) is 0. The van der Waals surface area contributed by atoms with Crippen molar-refractivity contribution in [2.45, 2.75) is 18.6 Å². The predicted octanol–water partition coefficient (Wildman–Crippen LogP) is 5.28. The summed E-state index contributed by atoms with van der Waals surface area (Å²) in [4.78, 5) is 12.4. The second-order valence-corrected chi connectivity index (χ2v) is 8.06. The van der Waals surface area contributed by atoms with E-state index < -0.39 is 0 Å². The second-order valence-electron chi connectivity index (χ2n) is 6.68. The highest BCUT2D eigenvalue weighted by Crippen LogP contribution is 2.27. The van der Waals surface area contributed by atoms with Gasteiger partial charge < -0.3 is 9.73 Å². The molecule has 0 aliphatic carbocycles. The Balaban J connectivity index is 1.53. The third-order valence-electron chi connectivity index (χ3n) is 4.36. The maximum atomic E-state index is 12.4. The van der Waals surface area contributed by atoms with Gasteiger partial charge in [0.1, 0.15) is 5.76 Å². The number of carbonyl (C=O) groups is 1. The Bertz CT molecular complexity index is 1140. The number of thioether (sulfide) groups is 1. The number of benzene rings is 2. The first-order chi connectivity index (χ1) is 14.6. The Kier molecular flexibility index (Phi) is 6.21. The van der Waals surface area contributed by atoms with Gasteiger partial charge in [-0.3, -0.25) is 9.36 Å². The molecule has 2 aromatic heterocycles. The largest absolute Gasteiger partial charge is 0.467 e. The van der Waals surface area contributed by atoms with Crippen molar-refractivity contribution < 1.29 is 9.21 Å². The van der Waals surface area contributed by atoms with E-state index in [0.717, 1.165) is 22.6 Å². The van der Waals surface area contributed by atoms with Crippen molar-refractivity contribution in [3.05, 3.63) is 83.3 Å². The fourth-order valence-corrected chi connectivity index (χ4v) is 3.83. The van der Waals surface area contributed by atoms with Gasteiger partial charge in [0.25, 0.3) is 0 Å². The average molecular weight is 439 g/mol. The number of rotatable bonds is 7. The quantitative estimate of drug-likeness (QED) is 0.397. The van der Waals surface area contributed by atoms with Crippen LogP contribution in [0.15, 0.2) is 76.5 Å². The summed E-state index contributed by atoms with van der Waals surface area (Å²) in [6, 6.07) is 18.8. The van der Waals surface area contributed by atoms with Crippen LogP contribution in [0.5, 0.6) is 0 Å². The molecule has 0 atom stereocenters. The number of nitrogens with zero attached hydrogens (tertiary/aromatic N) is 3. The standard InChI is InChI=1S/C22H19ClN4O2S/c1-15-7-9-18(10-8-15)24-20(28)14-30-22-26-25-21(16-4-2-5-17(23)12-16)27(22)13-19-6-3-11-29-19/h2-12H,13-14H2,1H3,(H,24,28). The van der Waals surface area contributed by atoms with Gasteiger partial charge in [0.05, 0.1) is 18.6 Å². The highest BCUT2D eigenvalue weighted by molar-refractivity contribution is 7.99. The number of anilines is 1. The molecule has 6 nitrogen and oxygen atoms in total. The maximum absolute atomic E-state index is 12.4. The first-order valence-corrected chi connectivity index (χ1v) is 10.7. The SMILES string of the molecule is Cc1ccc(NC(=O)CSc2nnc(-c3cccc(Cl)c3)n2Cc2ccco2)cc1. The molecule has 0 bridgehead atoms. The number of hydrogen-bond acceptors (Lipinski definition) is 5. The molecule has 4 rings (SSSR count). The van der Waals surface area contributed by atoms with Gasteiger partial charge in [-0.25, -0.2) is 0 Å². The normalized spacial score (nSPS) is 10.9. The highest BCUT2D eigenvalue weighted by atomic mass is 35.5. The van der Waals surface area contributed by atoms with Crippen LogP contribution >= 0.6 is 23.4 Å². The zero-order valence-electron chi connectivity index (χ0n) is 16.2. The summed E-state index contributed by atoms with van der Waals surface area (Å²) >= 11 is 7.47. The zero-order chi connectivity index (χ0) is 20.9. The number of nitrogens with one attached hydrogen (secondary N) is 1. The van der Waals surface area contributed by atoms with Crippen molar-refractivity contribution in [1.82, 2.24) is 14.8 Å². The van der Waals surface area contributed by atoms with Gasteiger partial charge in [-0.2, -0.15) is 0 Å². The van der Waals surface area contributed by atoms with Gasteiger partial charge in [0.15, 0.2) is 11.0 Å². The Labute approximate surface area is 183 Å². The molecule has 2 heterocycles. The minimum Gasteiger partial charge on any atom is -0.467 e. The summed E-state index contributed by atoms with van der Waals surface area (Å²) in [6.45, 7) is 2.45. The first kappa shape index (κ1) is 20.3. The molecule has 1 amide bonds. The number of aromatic nitrogens is 3. The monoisotopic (exact) mass is 438 g/mol. The second kappa shape index (κ2) is 9.19. The number of furan rings is 1. The molecular weight excluding hydrogens is 420 g/mol. The summed E-state index contributed by atoms with van der Waals surface area (Å²) < 4.78 is 7.42. The third kappa shape index (κ3) is 4.93. The van der Waals surface area contributed by atoms with Crippen LogP contribution in [0.2, 0.25) is 5.02 Å². The third-order valence-corrected chi connectivity index (χ3v) is 5.56. The summed E-state index contributed by atoms with van der Waals surface area (Å²) in [6.07, 6.45) is 1.63. The van der Waals surface area contributed by atoms with Crippen molar-refractivity contribution >= 4 is 35.0 Å². The van der Waals surface area contributed by atoms with E-state index in [2.05, 4.69) is 15.5 Å². The van der Waals surface area contributed by atoms with Gasteiger partial charge in [0, 0.05) is 16.3 Å².